The van der Waals surface area contributed by atoms with Crippen molar-refractivity contribution < 1.29 is 4.74 Å². The Labute approximate surface area is 111 Å². The van der Waals surface area contributed by atoms with Crippen molar-refractivity contribution in [2.45, 2.75) is 13.5 Å². The first-order valence-corrected chi connectivity index (χ1v) is 6.08. The van der Waals surface area contributed by atoms with Crippen molar-refractivity contribution in [3.05, 3.63) is 47.5 Å². The summed E-state index contributed by atoms with van der Waals surface area (Å²) in [5, 5.41) is 3.84. The van der Waals surface area contributed by atoms with Crippen LogP contribution in [0.15, 0.2) is 36.8 Å². The number of aromatic nitrogens is 2. The van der Waals surface area contributed by atoms with Gasteiger partial charge < -0.3 is 10.1 Å². The molecule has 0 amide bonds. The standard InChI is InChI=1S/C13H14ClN3O/c1-2-18-13-4-3-10(7-12(13)14)16-8-11-5-6-15-9-17-11/h3-7,9,16H,2,8H2,1H3. The molecule has 0 saturated heterocycles. The Morgan fingerprint density at radius 2 is 2.22 bits per heavy atom. The first-order chi connectivity index (χ1) is 8.79. The molecule has 0 unspecified atom stereocenters. The SMILES string of the molecule is CCOc1ccc(NCc2ccncn2)cc1Cl. The van der Waals surface area contributed by atoms with Gasteiger partial charge in [0.25, 0.3) is 0 Å². The fraction of sp³-hybridized carbons (Fsp3) is 0.231. The van der Waals surface area contributed by atoms with Gasteiger partial charge in [-0.1, -0.05) is 11.6 Å². The highest BCUT2D eigenvalue weighted by Crippen LogP contribution is 2.27. The first-order valence-electron chi connectivity index (χ1n) is 5.70. The minimum Gasteiger partial charge on any atom is -0.492 e. The number of nitrogens with zero attached hydrogens (tertiary/aromatic N) is 2. The summed E-state index contributed by atoms with van der Waals surface area (Å²) in [5.41, 5.74) is 1.86. The summed E-state index contributed by atoms with van der Waals surface area (Å²) >= 11 is 6.10. The van der Waals surface area contributed by atoms with Gasteiger partial charge in [-0.25, -0.2) is 9.97 Å². The molecule has 0 spiro atoms. The summed E-state index contributed by atoms with van der Waals surface area (Å²) in [5.74, 6) is 0.701. The van der Waals surface area contributed by atoms with Crippen molar-refractivity contribution in [1.29, 1.82) is 0 Å². The van der Waals surface area contributed by atoms with E-state index < -0.39 is 0 Å². The molecule has 18 heavy (non-hydrogen) atoms. The zero-order chi connectivity index (χ0) is 12.8. The number of hydrogen-bond acceptors (Lipinski definition) is 4. The molecule has 0 atom stereocenters. The van der Waals surface area contributed by atoms with Crippen LogP contribution in [-0.2, 0) is 6.54 Å². The van der Waals surface area contributed by atoms with E-state index in [9.17, 15) is 0 Å². The Morgan fingerprint density at radius 3 is 2.89 bits per heavy atom. The van der Waals surface area contributed by atoms with Crippen LogP contribution in [0.1, 0.15) is 12.6 Å². The molecule has 0 aliphatic heterocycles. The number of anilines is 1. The summed E-state index contributed by atoms with van der Waals surface area (Å²) in [4.78, 5) is 8.00. The fourth-order valence-corrected chi connectivity index (χ4v) is 1.73. The van der Waals surface area contributed by atoms with Crippen molar-refractivity contribution in [1.82, 2.24) is 9.97 Å². The van der Waals surface area contributed by atoms with Gasteiger partial charge in [-0.05, 0) is 31.2 Å². The minimum absolute atomic E-state index is 0.601. The maximum Gasteiger partial charge on any atom is 0.138 e. The van der Waals surface area contributed by atoms with Gasteiger partial charge >= 0.3 is 0 Å². The molecule has 94 valence electrons. The van der Waals surface area contributed by atoms with E-state index in [0.29, 0.717) is 23.9 Å². The van der Waals surface area contributed by atoms with Crippen molar-refractivity contribution in [2.24, 2.45) is 0 Å². The first kappa shape index (κ1) is 12.6. The van der Waals surface area contributed by atoms with Crippen LogP contribution in [-0.4, -0.2) is 16.6 Å². The molecule has 0 radical (unpaired) electrons. The molecule has 0 aliphatic carbocycles. The molecular formula is C13H14ClN3O. The Bertz CT molecular complexity index is 505. The number of hydrogen-bond donors (Lipinski definition) is 1. The van der Waals surface area contributed by atoms with Gasteiger partial charge in [0, 0.05) is 11.9 Å². The number of halogens is 1. The topological polar surface area (TPSA) is 47.0 Å². The number of ether oxygens (including phenoxy) is 1. The summed E-state index contributed by atoms with van der Waals surface area (Å²) < 4.78 is 5.37. The second-order valence-electron chi connectivity index (χ2n) is 3.63. The lowest BCUT2D eigenvalue weighted by atomic mass is 10.3. The lowest BCUT2D eigenvalue weighted by molar-refractivity contribution is 0.340. The van der Waals surface area contributed by atoms with Crippen LogP contribution < -0.4 is 10.1 Å². The monoisotopic (exact) mass is 263 g/mol. The normalized spacial score (nSPS) is 10.1. The third-order valence-corrected chi connectivity index (χ3v) is 2.64. The molecule has 1 aromatic carbocycles. The van der Waals surface area contributed by atoms with E-state index in [1.807, 2.05) is 31.2 Å². The molecule has 1 heterocycles. The van der Waals surface area contributed by atoms with Crippen LogP contribution in [0.3, 0.4) is 0 Å². The predicted molar refractivity (Wildman–Crippen MR) is 72.0 cm³/mol. The van der Waals surface area contributed by atoms with Crippen molar-refractivity contribution in [2.75, 3.05) is 11.9 Å². The predicted octanol–water partition coefficient (Wildman–Crippen LogP) is 3.14. The molecule has 1 N–H and O–H groups in total. The Morgan fingerprint density at radius 1 is 1.33 bits per heavy atom. The van der Waals surface area contributed by atoms with Gasteiger partial charge in [0.05, 0.1) is 23.9 Å². The van der Waals surface area contributed by atoms with Crippen LogP contribution in [0.5, 0.6) is 5.75 Å². The lowest BCUT2D eigenvalue weighted by Crippen LogP contribution is -2.01. The van der Waals surface area contributed by atoms with E-state index in [-0.39, 0.29) is 0 Å². The maximum atomic E-state index is 6.10. The molecule has 0 saturated carbocycles. The quantitative estimate of drug-likeness (QED) is 0.900. The maximum absolute atomic E-state index is 6.10. The Kier molecular flexibility index (Phi) is 4.36. The molecule has 0 aliphatic rings. The Balaban J connectivity index is 2.00. The minimum atomic E-state index is 0.601. The van der Waals surface area contributed by atoms with Crippen LogP contribution in [0.25, 0.3) is 0 Å². The highest BCUT2D eigenvalue weighted by Gasteiger charge is 2.02. The van der Waals surface area contributed by atoms with Crippen LogP contribution in [0.4, 0.5) is 5.69 Å². The average molecular weight is 264 g/mol. The molecule has 0 fully saturated rings. The third kappa shape index (κ3) is 3.34. The molecule has 1 aromatic heterocycles. The van der Waals surface area contributed by atoms with Crippen LogP contribution in [0.2, 0.25) is 5.02 Å². The van der Waals surface area contributed by atoms with Gasteiger partial charge in [-0.3, -0.25) is 0 Å². The lowest BCUT2D eigenvalue weighted by Gasteiger charge is -2.09. The van der Waals surface area contributed by atoms with Gasteiger partial charge in [0.2, 0.25) is 0 Å². The van der Waals surface area contributed by atoms with Crippen molar-refractivity contribution >= 4 is 17.3 Å². The zero-order valence-electron chi connectivity index (χ0n) is 10.1. The van der Waals surface area contributed by atoms with Crippen molar-refractivity contribution in [3.63, 3.8) is 0 Å². The van der Waals surface area contributed by atoms with E-state index in [4.69, 9.17) is 16.3 Å². The highest BCUT2D eigenvalue weighted by molar-refractivity contribution is 6.32. The largest absolute Gasteiger partial charge is 0.492 e. The van der Waals surface area contributed by atoms with Gasteiger partial charge in [-0.2, -0.15) is 0 Å². The molecule has 2 rings (SSSR count). The Hall–Kier alpha value is -1.81. The molecule has 4 nitrogen and oxygen atoms in total. The van der Waals surface area contributed by atoms with E-state index >= 15 is 0 Å². The average Bonchev–Trinajstić information content (AvgIpc) is 2.41. The zero-order valence-corrected chi connectivity index (χ0v) is 10.8. The molecule has 2 aromatic rings. The fourth-order valence-electron chi connectivity index (χ4n) is 1.50. The molecular weight excluding hydrogens is 250 g/mol. The van der Waals surface area contributed by atoms with Gasteiger partial charge in [-0.15, -0.1) is 0 Å². The van der Waals surface area contributed by atoms with Crippen molar-refractivity contribution in [3.8, 4) is 5.75 Å². The number of benzene rings is 1. The van der Waals surface area contributed by atoms with E-state index in [1.54, 1.807) is 6.20 Å². The summed E-state index contributed by atoms with van der Waals surface area (Å²) in [7, 11) is 0. The van der Waals surface area contributed by atoms with Gasteiger partial charge in [0.1, 0.15) is 12.1 Å². The number of rotatable bonds is 5. The van der Waals surface area contributed by atoms with Crippen LogP contribution >= 0.6 is 11.6 Å². The summed E-state index contributed by atoms with van der Waals surface area (Å²) in [6.45, 7) is 3.16. The highest BCUT2D eigenvalue weighted by atomic mass is 35.5. The smallest absolute Gasteiger partial charge is 0.138 e. The third-order valence-electron chi connectivity index (χ3n) is 2.35. The van der Waals surface area contributed by atoms with E-state index in [1.165, 1.54) is 6.33 Å². The summed E-state index contributed by atoms with van der Waals surface area (Å²) in [6.07, 6.45) is 3.25. The molecule has 0 bridgehead atoms. The molecule has 5 heteroatoms. The van der Waals surface area contributed by atoms with Gasteiger partial charge in [0.15, 0.2) is 0 Å². The van der Waals surface area contributed by atoms with Crippen LogP contribution in [0, 0.1) is 0 Å². The number of nitrogens with one attached hydrogen (secondary N) is 1. The second kappa shape index (κ2) is 6.21. The van der Waals surface area contributed by atoms with E-state index in [2.05, 4.69) is 15.3 Å². The van der Waals surface area contributed by atoms with E-state index in [0.717, 1.165) is 11.4 Å². The summed E-state index contributed by atoms with van der Waals surface area (Å²) in [6, 6.07) is 7.49. The second-order valence-corrected chi connectivity index (χ2v) is 4.04.